The Morgan fingerprint density at radius 3 is 2.50 bits per heavy atom. The third-order valence-electron chi connectivity index (χ3n) is 2.80. The van der Waals surface area contributed by atoms with Crippen molar-refractivity contribution >= 4 is 27.7 Å². The molecular weight excluding hydrogens is 306 g/mol. The molecule has 0 saturated carbocycles. The Hall–Kier alpha value is -0.770. The van der Waals surface area contributed by atoms with E-state index in [0.29, 0.717) is 6.54 Å². The quantitative estimate of drug-likeness (QED) is 0.888. The van der Waals surface area contributed by atoms with Crippen molar-refractivity contribution in [3.63, 3.8) is 0 Å². The minimum absolute atomic E-state index is 0.570. The fourth-order valence-corrected chi connectivity index (χ4v) is 3.40. The zero-order valence-electron chi connectivity index (χ0n) is 10.5. The molecule has 3 heteroatoms. The normalized spacial score (nSPS) is 10.7. The van der Waals surface area contributed by atoms with Crippen molar-refractivity contribution in [1.29, 1.82) is 0 Å². The molecule has 2 rings (SSSR count). The maximum absolute atomic E-state index is 5.79. The van der Waals surface area contributed by atoms with Crippen molar-refractivity contribution in [2.75, 3.05) is 0 Å². The molecule has 0 spiro atoms. The first-order chi connectivity index (χ1) is 8.60. The van der Waals surface area contributed by atoms with Crippen LogP contribution >= 0.6 is 27.7 Å². The summed E-state index contributed by atoms with van der Waals surface area (Å²) < 4.78 is 1.09. The van der Waals surface area contributed by atoms with Gasteiger partial charge in [0, 0.05) is 20.8 Å². The maximum atomic E-state index is 5.79. The van der Waals surface area contributed by atoms with Crippen LogP contribution in [0.2, 0.25) is 0 Å². The maximum Gasteiger partial charge on any atom is 0.0189 e. The Morgan fingerprint density at radius 1 is 1.06 bits per heavy atom. The van der Waals surface area contributed by atoms with Gasteiger partial charge >= 0.3 is 0 Å². The van der Waals surface area contributed by atoms with Crippen molar-refractivity contribution in [2.24, 2.45) is 5.73 Å². The van der Waals surface area contributed by atoms with Crippen LogP contribution in [0.4, 0.5) is 0 Å². The summed E-state index contributed by atoms with van der Waals surface area (Å²) >= 11 is 5.29. The van der Waals surface area contributed by atoms with E-state index in [1.807, 2.05) is 6.07 Å². The summed E-state index contributed by atoms with van der Waals surface area (Å²) in [4.78, 5) is 2.51. The molecule has 0 unspecified atom stereocenters. The second-order valence-corrected chi connectivity index (χ2v) is 6.33. The molecule has 2 N–H and O–H groups in total. The van der Waals surface area contributed by atoms with Gasteiger partial charge in [0.15, 0.2) is 0 Å². The van der Waals surface area contributed by atoms with Crippen molar-refractivity contribution in [1.82, 2.24) is 0 Å². The summed E-state index contributed by atoms with van der Waals surface area (Å²) in [5.74, 6) is 0. The molecular formula is C15H16BrNS. The summed E-state index contributed by atoms with van der Waals surface area (Å²) in [7, 11) is 0. The first kappa shape index (κ1) is 13.7. The van der Waals surface area contributed by atoms with Gasteiger partial charge in [-0.3, -0.25) is 0 Å². The fraction of sp³-hybridized carbons (Fsp3) is 0.200. The van der Waals surface area contributed by atoms with E-state index in [-0.39, 0.29) is 0 Å². The molecule has 94 valence electrons. The van der Waals surface area contributed by atoms with E-state index in [9.17, 15) is 0 Å². The van der Waals surface area contributed by atoms with Crippen molar-refractivity contribution in [3.8, 4) is 0 Å². The molecule has 0 bridgehead atoms. The molecule has 18 heavy (non-hydrogen) atoms. The van der Waals surface area contributed by atoms with E-state index < -0.39 is 0 Å². The smallest absolute Gasteiger partial charge is 0.0189 e. The minimum Gasteiger partial charge on any atom is -0.326 e. The first-order valence-corrected chi connectivity index (χ1v) is 7.44. The standard InChI is InChI=1S/C15H16BrNS/c1-10-3-6-14(11(2)7-10)18-15-8-13(16)5-4-12(15)9-17/h3-8H,9,17H2,1-2H3. The molecule has 0 heterocycles. The highest BCUT2D eigenvalue weighted by Gasteiger charge is 2.06. The number of benzene rings is 2. The monoisotopic (exact) mass is 321 g/mol. The number of hydrogen-bond acceptors (Lipinski definition) is 2. The number of halogens is 1. The lowest BCUT2D eigenvalue weighted by Crippen LogP contribution is -1.98. The minimum atomic E-state index is 0.570. The van der Waals surface area contributed by atoms with Crippen LogP contribution in [0.5, 0.6) is 0 Å². The van der Waals surface area contributed by atoms with Crippen LogP contribution in [0.15, 0.2) is 50.7 Å². The second kappa shape index (κ2) is 5.91. The van der Waals surface area contributed by atoms with Crippen molar-refractivity contribution in [2.45, 2.75) is 30.2 Å². The van der Waals surface area contributed by atoms with Crippen LogP contribution in [0.1, 0.15) is 16.7 Å². The van der Waals surface area contributed by atoms with Crippen molar-refractivity contribution in [3.05, 3.63) is 57.6 Å². The van der Waals surface area contributed by atoms with Gasteiger partial charge in [-0.2, -0.15) is 0 Å². The van der Waals surface area contributed by atoms with E-state index in [0.717, 1.165) is 4.47 Å². The largest absolute Gasteiger partial charge is 0.326 e. The summed E-state index contributed by atoms with van der Waals surface area (Å²) in [5.41, 5.74) is 9.58. The van der Waals surface area contributed by atoms with Crippen LogP contribution in [-0.4, -0.2) is 0 Å². The molecule has 2 aromatic rings. The summed E-state index contributed by atoms with van der Waals surface area (Å²) in [6.07, 6.45) is 0. The van der Waals surface area contributed by atoms with E-state index in [4.69, 9.17) is 5.73 Å². The van der Waals surface area contributed by atoms with Gasteiger partial charge < -0.3 is 5.73 Å². The zero-order chi connectivity index (χ0) is 13.1. The number of hydrogen-bond donors (Lipinski definition) is 1. The molecule has 0 amide bonds. The van der Waals surface area contributed by atoms with Gasteiger partial charge in [0.05, 0.1) is 0 Å². The zero-order valence-corrected chi connectivity index (χ0v) is 12.9. The third kappa shape index (κ3) is 3.16. The Balaban J connectivity index is 2.36. The van der Waals surface area contributed by atoms with Crippen LogP contribution < -0.4 is 5.73 Å². The predicted molar refractivity (Wildman–Crippen MR) is 82.1 cm³/mol. The van der Waals surface area contributed by atoms with Gasteiger partial charge in [-0.05, 0) is 43.2 Å². The number of rotatable bonds is 3. The second-order valence-electron chi connectivity index (χ2n) is 4.33. The lowest BCUT2D eigenvalue weighted by molar-refractivity contribution is 1.02. The summed E-state index contributed by atoms with van der Waals surface area (Å²) in [6.45, 7) is 4.84. The van der Waals surface area contributed by atoms with Crippen molar-refractivity contribution < 1.29 is 0 Å². The Kier molecular flexibility index (Phi) is 4.49. The van der Waals surface area contributed by atoms with Gasteiger partial charge in [-0.15, -0.1) is 0 Å². The average molecular weight is 322 g/mol. The molecule has 1 nitrogen and oxygen atoms in total. The summed E-state index contributed by atoms with van der Waals surface area (Å²) in [6, 6.07) is 12.8. The molecule has 0 aromatic heterocycles. The Bertz CT molecular complexity index is 566. The average Bonchev–Trinajstić information content (AvgIpc) is 2.33. The molecule has 0 aliphatic carbocycles. The number of aryl methyl sites for hydroxylation is 2. The highest BCUT2D eigenvalue weighted by atomic mass is 79.9. The Morgan fingerprint density at radius 2 is 1.83 bits per heavy atom. The SMILES string of the molecule is Cc1ccc(Sc2cc(Br)ccc2CN)c(C)c1. The molecule has 2 aromatic carbocycles. The van der Waals surface area contributed by atoms with Crippen LogP contribution in [0.3, 0.4) is 0 Å². The molecule has 0 aliphatic rings. The van der Waals surface area contributed by atoms with E-state index in [1.54, 1.807) is 11.8 Å². The highest BCUT2D eigenvalue weighted by molar-refractivity contribution is 9.10. The molecule has 0 atom stereocenters. The van der Waals surface area contributed by atoms with Crippen LogP contribution in [0, 0.1) is 13.8 Å². The highest BCUT2D eigenvalue weighted by Crippen LogP contribution is 2.34. The molecule has 0 aliphatic heterocycles. The van der Waals surface area contributed by atoms with Crippen LogP contribution in [0.25, 0.3) is 0 Å². The topological polar surface area (TPSA) is 26.0 Å². The van der Waals surface area contributed by atoms with E-state index in [2.05, 4.69) is 60.1 Å². The van der Waals surface area contributed by atoms with E-state index in [1.165, 1.54) is 26.5 Å². The summed E-state index contributed by atoms with van der Waals surface area (Å²) in [5, 5.41) is 0. The van der Waals surface area contributed by atoms with Gasteiger partial charge in [0.1, 0.15) is 0 Å². The lowest BCUT2D eigenvalue weighted by atomic mass is 10.2. The van der Waals surface area contributed by atoms with Gasteiger partial charge in [-0.25, -0.2) is 0 Å². The Labute approximate surface area is 121 Å². The lowest BCUT2D eigenvalue weighted by Gasteiger charge is -2.10. The number of nitrogens with two attached hydrogens (primary N) is 1. The molecule has 0 saturated heterocycles. The molecule has 0 fully saturated rings. The van der Waals surface area contributed by atoms with E-state index >= 15 is 0 Å². The van der Waals surface area contributed by atoms with Crippen LogP contribution in [-0.2, 0) is 6.54 Å². The van der Waals surface area contributed by atoms with Gasteiger partial charge in [0.2, 0.25) is 0 Å². The van der Waals surface area contributed by atoms with Gasteiger partial charge in [0.25, 0.3) is 0 Å². The third-order valence-corrected chi connectivity index (χ3v) is 4.57. The predicted octanol–water partition coefficient (Wildman–Crippen LogP) is 4.68. The first-order valence-electron chi connectivity index (χ1n) is 5.84. The fourth-order valence-electron chi connectivity index (χ4n) is 1.82. The van der Waals surface area contributed by atoms with Gasteiger partial charge in [-0.1, -0.05) is 51.5 Å². The molecule has 0 radical (unpaired) electrons.